The zero-order chi connectivity index (χ0) is 14.7. The number of nitrogens with zero attached hydrogens (tertiary/aromatic N) is 2. The maximum absolute atomic E-state index is 12.1. The van der Waals surface area contributed by atoms with Crippen LogP contribution >= 0.6 is 0 Å². The number of aliphatic hydroxyl groups is 1. The first kappa shape index (κ1) is 15.4. The number of amides is 1. The lowest BCUT2D eigenvalue weighted by molar-refractivity contribution is 0.0919. The van der Waals surface area contributed by atoms with Crippen LogP contribution in [0.5, 0.6) is 0 Å². The van der Waals surface area contributed by atoms with Gasteiger partial charge in [0.05, 0.1) is 11.8 Å². The smallest absolute Gasteiger partial charge is 0.279 e. The van der Waals surface area contributed by atoms with Crippen molar-refractivity contribution in [2.24, 2.45) is 7.05 Å². The number of nitrogens with one attached hydrogen (secondary N) is 1. The fraction of sp³-hybridized carbons (Fsp3) is 0.615. The third-order valence-electron chi connectivity index (χ3n) is 3.02. The second kappa shape index (κ2) is 5.97. The fourth-order valence-corrected chi connectivity index (χ4v) is 1.98. The van der Waals surface area contributed by atoms with Crippen LogP contribution in [0.2, 0.25) is 0 Å². The van der Waals surface area contributed by atoms with E-state index in [2.05, 4.69) is 10.4 Å². The van der Waals surface area contributed by atoms with E-state index in [1.165, 1.54) is 7.05 Å². The highest BCUT2D eigenvalue weighted by molar-refractivity contribution is 5.95. The van der Waals surface area contributed by atoms with Crippen molar-refractivity contribution < 1.29 is 9.90 Å². The summed E-state index contributed by atoms with van der Waals surface area (Å²) < 4.78 is 1.16. The van der Waals surface area contributed by atoms with Gasteiger partial charge in [0.2, 0.25) is 0 Å². The highest BCUT2D eigenvalue weighted by Gasteiger charge is 2.19. The number of hydrogen-bond acceptors (Lipinski definition) is 4. The fourth-order valence-electron chi connectivity index (χ4n) is 1.98. The van der Waals surface area contributed by atoms with E-state index in [4.69, 9.17) is 0 Å². The van der Waals surface area contributed by atoms with Gasteiger partial charge in [0.1, 0.15) is 5.56 Å². The van der Waals surface area contributed by atoms with Gasteiger partial charge in [0.15, 0.2) is 0 Å². The van der Waals surface area contributed by atoms with Gasteiger partial charge in [0.25, 0.3) is 11.5 Å². The number of aryl methyl sites for hydroxylation is 2. The maximum Gasteiger partial charge on any atom is 0.279 e. The molecule has 19 heavy (non-hydrogen) atoms. The average molecular weight is 267 g/mol. The Morgan fingerprint density at radius 3 is 2.53 bits per heavy atom. The minimum absolute atomic E-state index is 0.118. The summed E-state index contributed by atoms with van der Waals surface area (Å²) in [5.41, 5.74) is 0.942. The number of rotatable bonds is 4. The zero-order valence-electron chi connectivity index (χ0n) is 12.0. The van der Waals surface area contributed by atoms with E-state index < -0.39 is 17.6 Å². The molecule has 1 amide bonds. The van der Waals surface area contributed by atoms with E-state index >= 15 is 0 Å². The molecule has 0 aliphatic heterocycles. The van der Waals surface area contributed by atoms with Crippen LogP contribution in [-0.2, 0) is 7.05 Å². The molecule has 0 saturated heterocycles. The largest absolute Gasteiger partial charge is 0.393 e. The predicted octanol–water partition coefficient (Wildman–Crippen LogP) is 0.286. The predicted molar refractivity (Wildman–Crippen MR) is 72.2 cm³/mol. The summed E-state index contributed by atoms with van der Waals surface area (Å²) in [7, 11) is 1.52. The molecular formula is C13H21N3O3. The molecule has 6 heteroatoms. The van der Waals surface area contributed by atoms with Crippen molar-refractivity contribution >= 4 is 5.91 Å². The van der Waals surface area contributed by atoms with E-state index in [9.17, 15) is 14.7 Å². The minimum Gasteiger partial charge on any atom is -0.393 e. The first-order chi connectivity index (χ1) is 8.73. The summed E-state index contributed by atoms with van der Waals surface area (Å²) in [5.74, 6) is -0.420. The number of aliphatic hydroxyl groups excluding tert-OH is 1. The quantitative estimate of drug-likeness (QED) is 0.821. The van der Waals surface area contributed by atoms with Gasteiger partial charge >= 0.3 is 0 Å². The highest BCUT2D eigenvalue weighted by Crippen LogP contribution is 2.07. The van der Waals surface area contributed by atoms with Crippen LogP contribution in [0.15, 0.2) is 4.79 Å². The normalized spacial score (nSPS) is 14.0. The van der Waals surface area contributed by atoms with Crippen LogP contribution in [0.3, 0.4) is 0 Å². The average Bonchev–Trinajstić information content (AvgIpc) is 2.25. The summed E-state index contributed by atoms with van der Waals surface area (Å²) in [6.45, 7) is 6.91. The van der Waals surface area contributed by atoms with Crippen molar-refractivity contribution in [3.05, 3.63) is 27.2 Å². The standard InChI is InChI=1S/C13H21N3O3/c1-7(6-8(2)17)14-12(18)11-9(3)10(4)15-16(5)13(11)19/h7-8,17H,6H2,1-5H3,(H,14,18). The van der Waals surface area contributed by atoms with Crippen LogP contribution in [0, 0.1) is 13.8 Å². The Hall–Kier alpha value is -1.69. The molecule has 6 nitrogen and oxygen atoms in total. The topological polar surface area (TPSA) is 84.2 Å². The molecule has 1 heterocycles. The monoisotopic (exact) mass is 267 g/mol. The molecule has 0 aliphatic rings. The van der Waals surface area contributed by atoms with E-state index in [1.54, 1.807) is 27.7 Å². The molecule has 0 saturated carbocycles. The summed E-state index contributed by atoms with van der Waals surface area (Å²) >= 11 is 0. The third-order valence-corrected chi connectivity index (χ3v) is 3.02. The SMILES string of the molecule is Cc1nn(C)c(=O)c(C(=O)NC(C)CC(C)O)c1C. The molecule has 0 bridgehead atoms. The molecule has 2 N–H and O–H groups in total. The summed E-state index contributed by atoms with van der Waals surface area (Å²) in [6.07, 6.45) is -0.0618. The molecule has 0 fully saturated rings. The van der Waals surface area contributed by atoms with E-state index in [-0.39, 0.29) is 11.6 Å². The molecule has 1 rings (SSSR count). The van der Waals surface area contributed by atoms with E-state index in [0.29, 0.717) is 17.7 Å². The first-order valence-electron chi connectivity index (χ1n) is 6.27. The molecule has 2 atom stereocenters. The Morgan fingerprint density at radius 1 is 1.42 bits per heavy atom. The molecule has 0 aromatic carbocycles. The molecule has 0 aliphatic carbocycles. The lowest BCUT2D eigenvalue weighted by Gasteiger charge is -2.16. The van der Waals surface area contributed by atoms with Gasteiger partial charge in [0, 0.05) is 13.1 Å². The molecule has 1 aromatic rings. The number of carbonyl (C=O) groups excluding carboxylic acids is 1. The third kappa shape index (κ3) is 3.64. The molecule has 0 radical (unpaired) electrons. The molecule has 106 valence electrons. The molecule has 2 unspecified atom stereocenters. The van der Waals surface area contributed by atoms with Gasteiger partial charge in [-0.2, -0.15) is 5.10 Å². The van der Waals surface area contributed by atoms with Crippen molar-refractivity contribution in [2.45, 2.75) is 46.3 Å². The van der Waals surface area contributed by atoms with Crippen LogP contribution in [0.1, 0.15) is 41.9 Å². The molecule has 1 aromatic heterocycles. The van der Waals surface area contributed by atoms with Crippen molar-refractivity contribution in [3.63, 3.8) is 0 Å². The van der Waals surface area contributed by atoms with Crippen molar-refractivity contribution in [1.82, 2.24) is 15.1 Å². The van der Waals surface area contributed by atoms with Crippen molar-refractivity contribution in [2.75, 3.05) is 0 Å². The Labute approximate surface area is 112 Å². The number of hydrogen-bond donors (Lipinski definition) is 2. The zero-order valence-corrected chi connectivity index (χ0v) is 12.0. The summed E-state index contributed by atoms with van der Waals surface area (Å²) in [4.78, 5) is 24.1. The van der Waals surface area contributed by atoms with Crippen LogP contribution in [0.4, 0.5) is 0 Å². The summed E-state index contributed by atoms with van der Waals surface area (Å²) in [6, 6.07) is -0.204. The van der Waals surface area contributed by atoms with Gasteiger partial charge in [-0.25, -0.2) is 4.68 Å². The lowest BCUT2D eigenvalue weighted by Crippen LogP contribution is -2.40. The highest BCUT2D eigenvalue weighted by atomic mass is 16.3. The molecule has 0 spiro atoms. The van der Waals surface area contributed by atoms with E-state index in [1.807, 2.05) is 0 Å². The maximum atomic E-state index is 12.1. The van der Waals surface area contributed by atoms with Crippen LogP contribution in [0.25, 0.3) is 0 Å². The van der Waals surface area contributed by atoms with E-state index in [0.717, 1.165) is 4.68 Å². The Morgan fingerprint density at radius 2 is 2.00 bits per heavy atom. The van der Waals surface area contributed by atoms with Crippen LogP contribution in [-0.4, -0.2) is 32.9 Å². The van der Waals surface area contributed by atoms with Gasteiger partial charge in [-0.05, 0) is 39.7 Å². The Kier molecular flexibility index (Phi) is 4.83. The van der Waals surface area contributed by atoms with Crippen molar-refractivity contribution in [1.29, 1.82) is 0 Å². The Balaban J connectivity index is 3.04. The first-order valence-corrected chi connectivity index (χ1v) is 6.27. The van der Waals surface area contributed by atoms with Gasteiger partial charge in [-0.1, -0.05) is 0 Å². The van der Waals surface area contributed by atoms with Crippen molar-refractivity contribution in [3.8, 4) is 0 Å². The molecular weight excluding hydrogens is 246 g/mol. The van der Waals surface area contributed by atoms with Gasteiger partial charge < -0.3 is 10.4 Å². The second-order valence-electron chi connectivity index (χ2n) is 4.97. The lowest BCUT2D eigenvalue weighted by atomic mass is 10.1. The number of aromatic nitrogens is 2. The Bertz CT molecular complexity index is 535. The second-order valence-corrected chi connectivity index (χ2v) is 4.97. The van der Waals surface area contributed by atoms with Gasteiger partial charge in [-0.15, -0.1) is 0 Å². The minimum atomic E-state index is -0.501. The summed E-state index contributed by atoms with van der Waals surface area (Å²) in [5, 5.41) is 16.0. The number of carbonyl (C=O) groups is 1. The van der Waals surface area contributed by atoms with Crippen LogP contribution < -0.4 is 10.9 Å². The van der Waals surface area contributed by atoms with Gasteiger partial charge in [-0.3, -0.25) is 9.59 Å².